The number of carbonyl (C=O) groups is 2. The minimum atomic E-state index is -3.59. The summed E-state index contributed by atoms with van der Waals surface area (Å²) in [5.41, 5.74) is -0.0888. The summed E-state index contributed by atoms with van der Waals surface area (Å²) in [4.78, 5) is 21.6. The summed E-state index contributed by atoms with van der Waals surface area (Å²) in [6.07, 6.45) is 0.140. The van der Waals surface area contributed by atoms with Crippen LogP contribution in [0, 0.1) is 0 Å². The average molecular weight is 286 g/mol. The summed E-state index contributed by atoms with van der Waals surface area (Å²) >= 11 is 0. The molecule has 0 aliphatic carbocycles. The molecular formula is C12H14O6S. The summed E-state index contributed by atoms with van der Waals surface area (Å²) in [6.45, 7) is 0. The topological polar surface area (TPSA) is 97.7 Å². The van der Waals surface area contributed by atoms with Gasteiger partial charge in [0.25, 0.3) is 0 Å². The minimum Gasteiger partial charge on any atom is -0.478 e. The highest BCUT2D eigenvalue weighted by atomic mass is 32.2. The first kappa shape index (κ1) is 15.2. The maximum Gasteiger partial charge on any atom is 0.335 e. The molecule has 0 fully saturated rings. The Labute approximate surface area is 110 Å². The molecule has 0 saturated heterocycles. The van der Waals surface area contributed by atoms with Crippen LogP contribution in [0.4, 0.5) is 0 Å². The van der Waals surface area contributed by atoms with E-state index in [1.54, 1.807) is 0 Å². The first-order valence-corrected chi connectivity index (χ1v) is 7.15. The molecule has 0 aliphatic heterocycles. The fraction of sp³-hybridized carbons (Fsp3) is 0.333. The second-order valence-corrected chi connectivity index (χ2v) is 5.94. The molecule has 0 atom stereocenters. The van der Waals surface area contributed by atoms with Gasteiger partial charge in [0.15, 0.2) is 9.84 Å². The Hall–Kier alpha value is -1.89. The van der Waals surface area contributed by atoms with Crippen LogP contribution >= 0.6 is 0 Å². The zero-order valence-corrected chi connectivity index (χ0v) is 11.1. The van der Waals surface area contributed by atoms with E-state index in [1.165, 1.54) is 25.3 Å². The van der Waals surface area contributed by atoms with E-state index in [0.717, 1.165) is 6.07 Å². The maximum absolute atomic E-state index is 11.9. The molecule has 0 amide bonds. The van der Waals surface area contributed by atoms with Crippen LogP contribution in [0.15, 0.2) is 29.2 Å². The van der Waals surface area contributed by atoms with Crippen molar-refractivity contribution in [2.24, 2.45) is 0 Å². The number of rotatable bonds is 6. The van der Waals surface area contributed by atoms with E-state index in [4.69, 9.17) is 5.11 Å². The van der Waals surface area contributed by atoms with Crippen LogP contribution in [0.5, 0.6) is 0 Å². The van der Waals surface area contributed by atoms with Gasteiger partial charge in [-0.1, -0.05) is 6.07 Å². The molecule has 0 spiro atoms. The quantitative estimate of drug-likeness (QED) is 0.787. The molecular weight excluding hydrogens is 272 g/mol. The van der Waals surface area contributed by atoms with Crippen LogP contribution in [-0.4, -0.2) is 38.3 Å². The van der Waals surface area contributed by atoms with Crippen molar-refractivity contribution in [3.8, 4) is 0 Å². The molecule has 1 N–H and O–H groups in total. The van der Waals surface area contributed by atoms with E-state index >= 15 is 0 Å². The molecule has 0 aromatic heterocycles. The van der Waals surface area contributed by atoms with Gasteiger partial charge in [-0.25, -0.2) is 13.2 Å². The maximum atomic E-state index is 11.9. The van der Waals surface area contributed by atoms with Gasteiger partial charge in [-0.3, -0.25) is 4.79 Å². The first-order chi connectivity index (χ1) is 8.86. The van der Waals surface area contributed by atoms with Crippen LogP contribution in [0.3, 0.4) is 0 Å². The van der Waals surface area contributed by atoms with Crippen LogP contribution in [-0.2, 0) is 19.4 Å². The zero-order valence-electron chi connectivity index (χ0n) is 10.3. The van der Waals surface area contributed by atoms with E-state index in [1.807, 2.05) is 0 Å². The van der Waals surface area contributed by atoms with Crippen molar-refractivity contribution in [1.29, 1.82) is 0 Å². The van der Waals surface area contributed by atoms with E-state index in [2.05, 4.69) is 4.74 Å². The van der Waals surface area contributed by atoms with E-state index in [-0.39, 0.29) is 29.1 Å². The van der Waals surface area contributed by atoms with E-state index in [0.29, 0.717) is 0 Å². The largest absolute Gasteiger partial charge is 0.478 e. The van der Waals surface area contributed by atoms with Crippen molar-refractivity contribution in [2.75, 3.05) is 12.9 Å². The van der Waals surface area contributed by atoms with Gasteiger partial charge >= 0.3 is 11.9 Å². The molecule has 0 saturated carbocycles. The standard InChI is InChI=1S/C12H14O6S/c1-18-11(13)6-3-7-19(16,17)10-5-2-4-9(8-10)12(14)15/h2,4-5,8H,3,6-7H2,1H3,(H,14,15). The molecule has 19 heavy (non-hydrogen) atoms. The van der Waals surface area contributed by atoms with Gasteiger partial charge < -0.3 is 9.84 Å². The number of methoxy groups -OCH3 is 1. The number of sulfone groups is 1. The third-order valence-electron chi connectivity index (χ3n) is 2.46. The number of carbonyl (C=O) groups excluding carboxylic acids is 1. The van der Waals surface area contributed by atoms with Gasteiger partial charge in [0, 0.05) is 6.42 Å². The average Bonchev–Trinajstić information content (AvgIpc) is 2.38. The van der Waals surface area contributed by atoms with Crippen LogP contribution in [0.2, 0.25) is 0 Å². The second kappa shape index (κ2) is 6.33. The summed E-state index contributed by atoms with van der Waals surface area (Å²) in [7, 11) is -2.36. The molecule has 7 heteroatoms. The Morgan fingerprint density at radius 3 is 2.58 bits per heavy atom. The van der Waals surface area contributed by atoms with Gasteiger partial charge in [-0.15, -0.1) is 0 Å². The van der Waals surface area contributed by atoms with Crippen LogP contribution in [0.25, 0.3) is 0 Å². The molecule has 0 bridgehead atoms. The molecule has 6 nitrogen and oxygen atoms in total. The number of ether oxygens (including phenoxy) is 1. The first-order valence-electron chi connectivity index (χ1n) is 5.50. The third-order valence-corrected chi connectivity index (χ3v) is 4.26. The number of carboxylic acid groups (broad SMARTS) is 1. The SMILES string of the molecule is COC(=O)CCCS(=O)(=O)c1cccc(C(=O)O)c1. The highest BCUT2D eigenvalue weighted by molar-refractivity contribution is 7.91. The molecule has 1 aromatic carbocycles. The zero-order chi connectivity index (χ0) is 14.5. The normalized spacial score (nSPS) is 11.0. The van der Waals surface area contributed by atoms with Gasteiger partial charge in [-0.2, -0.15) is 0 Å². The van der Waals surface area contributed by atoms with Crippen molar-refractivity contribution in [3.05, 3.63) is 29.8 Å². The Morgan fingerprint density at radius 1 is 1.32 bits per heavy atom. The second-order valence-electron chi connectivity index (χ2n) is 3.83. The predicted molar refractivity (Wildman–Crippen MR) is 66.7 cm³/mol. The Kier molecular flexibility index (Phi) is 5.05. The van der Waals surface area contributed by atoms with Crippen LogP contribution < -0.4 is 0 Å². The molecule has 1 rings (SSSR count). The number of aromatic carboxylic acids is 1. The summed E-state index contributed by atoms with van der Waals surface area (Å²) in [5.74, 6) is -1.90. The molecule has 1 aromatic rings. The van der Waals surface area contributed by atoms with Crippen molar-refractivity contribution < 1.29 is 27.9 Å². The predicted octanol–water partition coefficient (Wildman–Crippen LogP) is 1.11. The number of benzene rings is 1. The lowest BCUT2D eigenvalue weighted by molar-refractivity contribution is -0.140. The molecule has 0 heterocycles. The lowest BCUT2D eigenvalue weighted by Gasteiger charge is -2.05. The summed E-state index contributed by atoms with van der Waals surface area (Å²) < 4.78 is 28.3. The van der Waals surface area contributed by atoms with Gasteiger partial charge in [0.05, 0.1) is 23.3 Å². The third kappa shape index (κ3) is 4.36. The van der Waals surface area contributed by atoms with Gasteiger partial charge in [0.2, 0.25) is 0 Å². The van der Waals surface area contributed by atoms with Crippen molar-refractivity contribution in [2.45, 2.75) is 17.7 Å². The van der Waals surface area contributed by atoms with Gasteiger partial charge in [-0.05, 0) is 24.6 Å². The summed E-state index contributed by atoms with van der Waals surface area (Å²) in [5, 5.41) is 8.80. The summed E-state index contributed by atoms with van der Waals surface area (Å²) in [6, 6.07) is 5.13. The Morgan fingerprint density at radius 2 is 2.00 bits per heavy atom. The van der Waals surface area contributed by atoms with Crippen molar-refractivity contribution in [3.63, 3.8) is 0 Å². The fourth-order valence-corrected chi connectivity index (χ4v) is 2.80. The smallest absolute Gasteiger partial charge is 0.335 e. The molecule has 0 radical (unpaired) electrons. The lowest BCUT2D eigenvalue weighted by atomic mass is 10.2. The molecule has 104 valence electrons. The Bertz CT molecular complexity index is 576. The molecule has 0 unspecified atom stereocenters. The van der Waals surface area contributed by atoms with E-state index in [9.17, 15) is 18.0 Å². The number of hydrogen-bond donors (Lipinski definition) is 1. The van der Waals surface area contributed by atoms with Crippen LogP contribution in [0.1, 0.15) is 23.2 Å². The minimum absolute atomic E-state index is 0.00828. The highest BCUT2D eigenvalue weighted by Gasteiger charge is 2.16. The Balaban J connectivity index is 2.80. The highest BCUT2D eigenvalue weighted by Crippen LogP contribution is 2.15. The lowest BCUT2D eigenvalue weighted by Crippen LogP contribution is -2.10. The monoisotopic (exact) mass is 286 g/mol. The number of esters is 1. The fourth-order valence-electron chi connectivity index (χ4n) is 1.45. The van der Waals surface area contributed by atoms with Crippen molar-refractivity contribution >= 4 is 21.8 Å². The van der Waals surface area contributed by atoms with Crippen molar-refractivity contribution in [1.82, 2.24) is 0 Å². The van der Waals surface area contributed by atoms with Gasteiger partial charge in [0.1, 0.15) is 0 Å². The number of hydrogen-bond acceptors (Lipinski definition) is 5. The number of carboxylic acids is 1. The van der Waals surface area contributed by atoms with E-state index < -0.39 is 21.8 Å². The molecule has 0 aliphatic rings.